The molecule has 0 spiro atoms. The van der Waals surface area contributed by atoms with Crippen LogP contribution in [0.2, 0.25) is 5.02 Å². The van der Waals surface area contributed by atoms with E-state index in [1.165, 1.54) is 0 Å². The van der Waals surface area contributed by atoms with Gasteiger partial charge < -0.3 is 4.90 Å². The Hall–Kier alpha value is -0.630. The highest BCUT2D eigenvalue weighted by Crippen LogP contribution is 2.24. The summed E-state index contributed by atoms with van der Waals surface area (Å²) < 4.78 is 25.7. The van der Waals surface area contributed by atoms with Crippen LogP contribution < -0.4 is 4.72 Å². The molecule has 1 heterocycles. The average Bonchev–Trinajstić information content (AvgIpc) is 2.40. The maximum Gasteiger partial charge on any atom is 0.253 e. The highest BCUT2D eigenvalue weighted by Gasteiger charge is 2.25. The fourth-order valence-corrected chi connectivity index (χ4v) is 3.58. The summed E-state index contributed by atoms with van der Waals surface area (Å²) >= 11 is 9.29. The second-order valence-corrected chi connectivity index (χ2v) is 8.13. The minimum Gasteiger partial charge on any atom is -0.339 e. The molecule has 116 valence electrons. The van der Waals surface area contributed by atoms with E-state index < -0.39 is 10.0 Å². The lowest BCUT2D eigenvalue weighted by Crippen LogP contribution is -2.46. The number of benzene rings is 1. The number of nitrogens with one attached hydrogen (secondary N) is 1. The second-order valence-electron chi connectivity index (χ2n) is 5.09. The van der Waals surface area contributed by atoms with E-state index in [4.69, 9.17) is 11.6 Å². The molecule has 2 rings (SSSR count). The first-order valence-electron chi connectivity index (χ1n) is 6.48. The van der Waals surface area contributed by atoms with Crippen molar-refractivity contribution in [3.63, 3.8) is 0 Å². The van der Waals surface area contributed by atoms with Crippen LogP contribution in [0, 0.1) is 0 Å². The van der Waals surface area contributed by atoms with Crippen molar-refractivity contribution in [3.8, 4) is 0 Å². The highest BCUT2D eigenvalue weighted by molar-refractivity contribution is 9.10. The van der Waals surface area contributed by atoms with E-state index in [-0.39, 0.29) is 11.9 Å². The summed E-state index contributed by atoms with van der Waals surface area (Å²) in [5.74, 6) is -0.0813. The van der Waals surface area contributed by atoms with Crippen LogP contribution in [0.15, 0.2) is 22.7 Å². The van der Waals surface area contributed by atoms with Crippen LogP contribution in [0.3, 0.4) is 0 Å². The molecule has 1 N–H and O–H groups in total. The van der Waals surface area contributed by atoms with E-state index >= 15 is 0 Å². The number of piperidine rings is 1. The predicted molar refractivity (Wildman–Crippen MR) is 86.1 cm³/mol. The monoisotopic (exact) mass is 394 g/mol. The number of nitrogens with zero attached hydrogens (tertiary/aromatic N) is 1. The number of hydrogen-bond donors (Lipinski definition) is 1. The smallest absolute Gasteiger partial charge is 0.253 e. The Morgan fingerprint density at radius 1 is 1.38 bits per heavy atom. The van der Waals surface area contributed by atoms with Crippen LogP contribution in [0.4, 0.5) is 0 Å². The normalized spacial score (nSPS) is 17.0. The lowest BCUT2D eigenvalue weighted by molar-refractivity contribution is 0.0711. The minimum absolute atomic E-state index is 0.0813. The fourth-order valence-electron chi connectivity index (χ4n) is 2.31. The summed E-state index contributed by atoms with van der Waals surface area (Å²) in [6.45, 7) is 1.05. The molecule has 21 heavy (non-hydrogen) atoms. The second kappa shape index (κ2) is 6.64. The van der Waals surface area contributed by atoms with E-state index in [2.05, 4.69) is 20.7 Å². The van der Waals surface area contributed by atoms with Gasteiger partial charge in [-0.15, -0.1) is 0 Å². The summed E-state index contributed by atoms with van der Waals surface area (Å²) in [4.78, 5) is 14.1. The summed E-state index contributed by atoms with van der Waals surface area (Å²) in [5.41, 5.74) is 0.540. The molecule has 0 bridgehead atoms. The van der Waals surface area contributed by atoms with Crippen LogP contribution in [0.1, 0.15) is 23.2 Å². The van der Waals surface area contributed by atoms with Crippen molar-refractivity contribution in [1.82, 2.24) is 9.62 Å². The van der Waals surface area contributed by atoms with Gasteiger partial charge in [0.15, 0.2) is 0 Å². The standard InChI is InChI=1S/C13H16BrClN2O3S/c1-21(19,20)16-10-4-6-17(7-5-10)13(18)9-2-3-11(14)12(15)8-9/h2-3,8,10,16H,4-7H2,1H3. The zero-order valence-electron chi connectivity index (χ0n) is 11.5. The minimum atomic E-state index is -3.20. The Kier molecular flexibility index (Phi) is 5.29. The zero-order chi connectivity index (χ0) is 15.6. The first-order valence-corrected chi connectivity index (χ1v) is 9.54. The van der Waals surface area contributed by atoms with Crippen LogP contribution in [-0.2, 0) is 10.0 Å². The molecule has 0 atom stereocenters. The molecular formula is C13H16BrClN2O3S. The lowest BCUT2D eigenvalue weighted by Gasteiger charge is -2.32. The van der Waals surface area contributed by atoms with E-state index in [9.17, 15) is 13.2 Å². The quantitative estimate of drug-likeness (QED) is 0.853. The SMILES string of the molecule is CS(=O)(=O)NC1CCN(C(=O)c2ccc(Br)c(Cl)c2)CC1. The molecule has 8 heteroatoms. The van der Waals surface area contributed by atoms with Crippen molar-refractivity contribution in [1.29, 1.82) is 0 Å². The number of carbonyl (C=O) groups is 1. The van der Waals surface area contributed by atoms with Gasteiger partial charge in [0, 0.05) is 29.2 Å². The number of hydrogen-bond acceptors (Lipinski definition) is 3. The van der Waals surface area contributed by atoms with E-state index in [1.54, 1.807) is 23.1 Å². The van der Waals surface area contributed by atoms with Gasteiger partial charge in [-0.2, -0.15) is 0 Å². The molecule has 5 nitrogen and oxygen atoms in total. The summed E-state index contributed by atoms with van der Waals surface area (Å²) in [6.07, 6.45) is 2.38. The van der Waals surface area contributed by atoms with Gasteiger partial charge >= 0.3 is 0 Å². The Labute approximate surface area is 137 Å². The number of sulfonamides is 1. The fraction of sp³-hybridized carbons (Fsp3) is 0.462. The molecule has 0 unspecified atom stereocenters. The molecule has 1 aliphatic rings. The first kappa shape index (κ1) is 16.7. The van der Waals surface area contributed by atoms with Gasteiger partial charge in [-0.25, -0.2) is 13.1 Å². The molecular weight excluding hydrogens is 380 g/mol. The predicted octanol–water partition coefficient (Wildman–Crippen LogP) is 2.26. The van der Waals surface area contributed by atoms with Gasteiger partial charge in [-0.1, -0.05) is 11.6 Å². The van der Waals surface area contributed by atoms with Crippen molar-refractivity contribution >= 4 is 43.5 Å². The summed E-state index contributed by atoms with van der Waals surface area (Å²) in [7, 11) is -3.20. The van der Waals surface area contributed by atoms with E-state index in [0.29, 0.717) is 36.5 Å². The number of rotatable bonds is 3. The van der Waals surface area contributed by atoms with Gasteiger partial charge in [0.1, 0.15) is 0 Å². The average molecular weight is 396 g/mol. The topological polar surface area (TPSA) is 66.5 Å². The number of carbonyl (C=O) groups excluding carboxylic acids is 1. The van der Waals surface area contributed by atoms with Gasteiger partial charge in [-0.3, -0.25) is 4.79 Å². The van der Waals surface area contributed by atoms with Gasteiger partial charge in [0.25, 0.3) is 5.91 Å². The number of likely N-dealkylation sites (tertiary alicyclic amines) is 1. The van der Waals surface area contributed by atoms with Crippen LogP contribution in [-0.4, -0.2) is 44.6 Å². The van der Waals surface area contributed by atoms with Crippen molar-refractivity contribution in [2.75, 3.05) is 19.3 Å². The Balaban J connectivity index is 1.98. The third-order valence-electron chi connectivity index (χ3n) is 3.33. The number of halogens is 2. The highest BCUT2D eigenvalue weighted by atomic mass is 79.9. The van der Waals surface area contributed by atoms with Gasteiger partial charge in [0.05, 0.1) is 11.3 Å². The Morgan fingerprint density at radius 3 is 2.52 bits per heavy atom. The molecule has 1 amide bonds. The van der Waals surface area contributed by atoms with Crippen molar-refractivity contribution in [3.05, 3.63) is 33.3 Å². The molecule has 0 radical (unpaired) electrons. The van der Waals surface area contributed by atoms with Crippen LogP contribution in [0.25, 0.3) is 0 Å². The van der Waals surface area contributed by atoms with E-state index in [0.717, 1.165) is 10.7 Å². The lowest BCUT2D eigenvalue weighted by atomic mass is 10.0. The zero-order valence-corrected chi connectivity index (χ0v) is 14.6. The number of amides is 1. The molecule has 1 saturated heterocycles. The molecule has 1 aliphatic heterocycles. The molecule has 1 aromatic carbocycles. The Bertz CT molecular complexity index is 643. The Morgan fingerprint density at radius 2 is 2.00 bits per heavy atom. The van der Waals surface area contributed by atoms with Gasteiger partial charge in [0.2, 0.25) is 10.0 Å². The van der Waals surface area contributed by atoms with Crippen LogP contribution >= 0.6 is 27.5 Å². The molecule has 1 aromatic rings. The van der Waals surface area contributed by atoms with Crippen molar-refractivity contribution in [2.24, 2.45) is 0 Å². The molecule has 0 saturated carbocycles. The third kappa shape index (κ3) is 4.67. The third-order valence-corrected chi connectivity index (χ3v) is 5.32. The molecule has 0 aromatic heterocycles. The summed E-state index contributed by atoms with van der Waals surface area (Å²) in [6, 6.07) is 5.00. The van der Waals surface area contributed by atoms with Crippen LogP contribution in [0.5, 0.6) is 0 Å². The van der Waals surface area contributed by atoms with E-state index in [1.807, 2.05) is 0 Å². The van der Waals surface area contributed by atoms with Crippen molar-refractivity contribution < 1.29 is 13.2 Å². The summed E-state index contributed by atoms with van der Waals surface area (Å²) in [5, 5.41) is 0.495. The largest absolute Gasteiger partial charge is 0.339 e. The van der Waals surface area contributed by atoms with Gasteiger partial charge in [-0.05, 0) is 47.0 Å². The first-order chi connectivity index (χ1) is 9.76. The molecule has 0 aliphatic carbocycles. The van der Waals surface area contributed by atoms with Crippen molar-refractivity contribution in [2.45, 2.75) is 18.9 Å². The maximum atomic E-state index is 12.4. The maximum absolute atomic E-state index is 12.4. The molecule has 1 fully saturated rings.